The number of aliphatic imine (C=N–C) groups is 1. The van der Waals surface area contributed by atoms with Crippen LogP contribution in [0.25, 0.3) is 10.8 Å². The molecule has 5 nitrogen and oxygen atoms in total. The Kier molecular flexibility index (Phi) is 4.71. The summed E-state index contributed by atoms with van der Waals surface area (Å²) >= 11 is 5.21. The van der Waals surface area contributed by atoms with E-state index in [1.807, 2.05) is 61.5 Å². The highest BCUT2D eigenvalue weighted by atomic mass is 32.1. The van der Waals surface area contributed by atoms with Crippen molar-refractivity contribution >= 4 is 57.5 Å². The van der Waals surface area contributed by atoms with Crippen LogP contribution in [0, 0.1) is 12.8 Å². The first-order chi connectivity index (χ1) is 13.5. The Morgan fingerprint density at radius 2 is 1.71 bits per heavy atom. The number of thiocarbonyl (C=S) groups is 1. The first-order valence-electron chi connectivity index (χ1n) is 8.81. The van der Waals surface area contributed by atoms with Crippen molar-refractivity contribution in [3.8, 4) is 0 Å². The molecular formula is C22H17N3O2S. The van der Waals surface area contributed by atoms with Crippen LogP contribution in [-0.4, -0.2) is 23.1 Å². The smallest absolute Gasteiger partial charge is 0.251 e. The maximum atomic E-state index is 13.0. The molecular weight excluding hydrogens is 370 g/mol. The second-order valence-electron chi connectivity index (χ2n) is 6.59. The Morgan fingerprint density at radius 3 is 2.46 bits per heavy atom. The summed E-state index contributed by atoms with van der Waals surface area (Å²) in [6.45, 7) is 1.96. The molecule has 3 aromatic rings. The lowest BCUT2D eigenvalue weighted by Crippen LogP contribution is -2.58. The van der Waals surface area contributed by atoms with E-state index >= 15 is 0 Å². The summed E-state index contributed by atoms with van der Waals surface area (Å²) in [4.78, 5) is 31.0. The van der Waals surface area contributed by atoms with Crippen LogP contribution in [-0.2, 0) is 9.59 Å². The molecule has 138 valence electrons. The standard InChI is InChI=1S/C22H17N3O2S/c1-14-6-10-18(11-7-14)25-21(27)19(20(26)24-22(25)28)13-23-17-9-8-15-4-2-3-5-16(15)12-17/h2-13,19H,1H3,(H,24,26,28)/t19-/m1/s1. The highest BCUT2D eigenvalue weighted by Gasteiger charge is 2.38. The molecule has 2 amide bonds. The number of carbonyl (C=O) groups is 2. The number of anilines is 1. The topological polar surface area (TPSA) is 61.8 Å². The third kappa shape index (κ3) is 3.42. The van der Waals surface area contributed by atoms with Crippen LogP contribution in [0.15, 0.2) is 71.7 Å². The van der Waals surface area contributed by atoms with Crippen LogP contribution in [0.1, 0.15) is 5.56 Å². The fourth-order valence-corrected chi connectivity index (χ4v) is 3.37. The lowest BCUT2D eigenvalue weighted by molar-refractivity contribution is -0.130. The average Bonchev–Trinajstić information content (AvgIpc) is 2.69. The molecule has 0 radical (unpaired) electrons. The van der Waals surface area contributed by atoms with Crippen molar-refractivity contribution in [3.63, 3.8) is 0 Å². The number of hydrogen-bond acceptors (Lipinski definition) is 4. The van der Waals surface area contributed by atoms with Gasteiger partial charge in [-0.25, -0.2) is 0 Å². The van der Waals surface area contributed by atoms with E-state index in [1.165, 1.54) is 11.1 Å². The van der Waals surface area contributed by atoms with Crippen LogP contribution in [0.4, 0.5) is 11.4 Å². The number of nitrogens with zero attached hydrogens (tertiary/aromatic N) is 2. The van der Waals surface area contributed by atoms with Crippen LogP contribution in [0.5, 0.6) is 0 Å². The molecule has 0 spiro atoms. The predicted molar refractivity (Wildman–Crippen MR) is 115 cm³/mol. The van der Waals surface area contributed by atoms with Gasteiger partial charge in [-0.2, -0.15) is 0 Å². The number of aryl methyl sites for hydroxylation is 1. The van der Waals surface area contributed by atoms with Crippen LogP contribution < -0.4 is 10.2 Å². The first kappa shape index (κ1) is 18.0. The third-order valence-electron chi connectivity index (χ3n) is 4.60. The summed E-state index contributed by atoms with van der Waals surface area (Å²) in [5.41, 5.74) is 2.36. The van der Waals surface area contributed by atoms with E-state index in [2.05, 4.69) is 10.3 Å². The lowest BCUT2D eigenvalue weighted by atomic mass is 10.1. The van der Waals surface area contributed by atoms with E-state index in [0.717, 1.165) is 16.3 Å². The Hall–Kier alpha value is -3.38. The Bertz CT molecular complexity index is 1120. The van der Waals surface area contributed by atoms with Crippen LogP contribution in [0.3, 0.4) is 0 Å². The number of rotatable bonds is 3. The van der Waals surface area contributed by atoms with Crippen molar-refractivity contribution < 1.29 is 9.59 Å². The van der Waals surface area contributed by atoms with Gasteiger partial charge in [0.05, 0.1) is 11.4 Å². The number of nitrogens with one attached hydrogen (secondary N) is 1. The monoisotopic (exact) mass is 387 g/mol. The minimum Gasteiger partial charge on any atom is -0.301 e. The van der Waals surface area contributed by atoms with E-state index in [1.54, 1.807) is 12.1 Å². The Morgan fingerprint density at radius 1 is 1.00 bits per heavy atom. The Labute approximate surface area is 167 Å². The second kappa shape index (κ2) is 7.32. The SMILES string of the molecule is Cc1ccc(N2C(=O)[C@H](C=Nc3ccc4ccccc4c3)C(=O)NC2=S)cc1. The molecule has 28 heavy (non-hydrogen) atoms. The summed E-state index contributed by atoms with van der Waals surface area (Å²) in [6, 6.07) is 21.0. The zero-order chi connectivity index (χ0) is 19.7. The lowest BCUT2D eigenvalue weighted by Gasteiger charge is -2.30. The van der Waals surface area contributed by atoms with E-state index in [4.69, 9.17) is 12.2 Å². The average molecular weight is 387 g/mol. The highest BCUT2D eigenvalue weighted by molar-refractivity contribution is 7.80. The summed E-state index contributed by atoms with van der Waals surface area (Å²) in [5.74, 6) is -1.93. The van der Waals surface area contributed by atoms with Gasteiger partial charge >= 0.3 is 0 Å². The normalized spacial score (nSPS) is 17.4. The maximum absolute atomic E-state index is 13.0. The zero-order valence-corrected chi connectivity index (χ0v) is 15.9. The minimum atomic E-state index is -1.04. The van der Waals surface area contributed by atoms with Crippen molar-refractivity contribution in [3.05, 3.63) is 72.3 Å². The fourth-order valence-electron chi connectivity index (χ4n) is 3.08. The molecule has 0 unspecified atom stereocenters. The summed E-state index contributed by atoms with van der Waals surface area (Å²) in [6.07, 6.45) is 1.38. The molecule has 1 heterocycles. The van der Waals surface area contributed by atoms with Gasteiger partial charge in [0.2, 0.25) is 5.91 Å². The molecule has 1 saturated heterocycles. The van der Waals surface area contributed by atoms with Gasteiger partial charge in [0, 0.05) is 6.21 Å². The molecule has 1 aliphatic heterocycles. The van der Waals surface area contributed by atoms with Crippen molar-refractivity contribution in [2.24, 2.45) is 10.9 Å². The van der Waals surface area contributed by atoms with Gasteiger partial charge in [-0.15, -0.1) is 0 Å². The van der Waals surface area contributed by atoms with Gasteiger partial charge in [0.15, 0.2) is 11.0 Å². The third-order valence-corrected chi connectivity index (χ3v) is 4.88. The molecule has 0 bridgehead atoms. The van der Waals surface area contributed by atoms with Crippen molar-refractivity contribution in [1.29, 1.82) is 0 Å². The van der Waals surface area contributed by atoms with E-state index in [0.29, 0.717) is 11.4 Å². The first-order valence-corrected chi connectivity index (χ1v) is 9.22. The molecule has 6 heteroatoms. The summed E-state index contributed by atoms with van der Waals surface area (Å²) in [7, 11) is 0. The zero-order valence-electron chi connectivity index (χ0n) is 15.1. The maximum Gasteiger partial charge on any atom is 0.251 e. The molecule has 4 rings (SSSR count). The van der Waals surface area contributed by atoms with Crippen molar-refractivity contribution in [2.75, 3.05) is 4.90 Å². The van der Waals surface area contributed by atoms with Crippen molar-refractivity contribution in [2.45, 2.75) is 6.92 Å². The van der Waals surface area contributed by atoms with E-state index in [-0.39, 0.29) is 5.11 Å². The number of carbonyl (C=O) groups excluding carboxylic acids is 2. The van der Waals surface area contributed by atoms with Gasteiger partial charge in [0.1, 0.15) is 0 Å². The fraction of sp³-hybridized carbons (Fsp3) is 0.0909. The molecule has 1 aliphatic rings. The van der Waals surface area contributed by atoms with Gasteiger partial charge in [-0.1, -0.05) is 48.0 Å². The molecule has 1 atom stereocenters. The number of fused-ring (bicyclic) bond motifs is 1. The molecule has 1 fully saturated rings. The number of hydrogen-bond donors (Lipinski definition) is 1. The number of amides is 2. The van der Waals surface area contributed by atoms with Gasteiger partial charge in [0.25, 0.3) is 5.91 Å². The van der Waals surface area contributed by atoms with Gasteiger partial charge in [-0.05, 0) is 54.2 Å². The molecule has 0 aliphatic carbocycles. The molecule has 1 N–H and O–H groups in total. The van der Waals surface area contributed by atoms with Crippen LogP contribution in [0.2, 0.25) is 0 Å². The largest absolute Gasteiger partial charge is 0.301 e. The highest BCUT2D eigenvalue weighted by Crippen LogP contribution is 2.23. The quantitative estimate of drug-likeness (QED) is 0.421. The van der Waals surface area contributed by atoms with E-state index in [9.17, 15) is 9.59 Å². The Balaban J connectivity index is 1.62. The number of benzene rings is 3. The minimum absolute atomic E-state index is 0.0780. The van der Waals surface area contributed by atoms with E-state index < -0.39 is 17.7 Å². The summed E-state index contributed by atoms with van der Waals surface area (Å²) in [5, 5.41) is 4.81. The predicted octanol–water partition coefficient (Wildman–Crippen LogP) is 3.91. The van der Waals surface area contributed by atoms with Gasteiger partial charge in [-0.3, -0.25) is 19.5 Å². The molecule has 3 aromatic carbocycles. The van der Waals surface area contributed by atoms with Gasteiger partial charge < -0.3 is 5.32 Å². The van der Waals surface area contributed by atoms with Crippen molar-refractivity contribution in [1.82, 2.24) is 5.32 Å². The van der Waals surface area contributed by atoms with Crippen LogP contribution >= 0.6 is 12.2 Å². The molecule has 0 aromatic heterocycles. The summed E-state index contributed by atoms with van der Waals surface area (Å²) < 4.78 is 0. The molecule has 0 saturated carbocycles. The second-order valence-corrected chi connectivity index (χ2v) is 6.98.